The number of anilines is 1. The molecule has 1 heterocycles. The summed E-state index contributed by atoms with van der Waals surface area (Å²) in [4.78, 5) is 19.9. The summed E-state index contributed by atoms with van der Waals surface area (Å²) < 4.78 is 0. The van der Waals surface area contributed by atoms with Crippen LogP contribution in [0.4, 0.5) is 5.69 Å². The van der Waals surface area contributed by atoms with E-state index in [1.165, 1.54) is 17.8 Å². The summed E-state index contributed by atoms with van der Waals surface area (Å²) in [5.74, 6) is -0.170. The summed E-state index contributed by atoms with van der Waals surface area (Å²) in [5.41, 5.74) is 2.26. The van der Waals surface area contributed by atoms with E-state index >= 15 is 0 Å². The van der Waals surface area contributed by atoms with E-state index in [9.17, 15) is 9.90 Å². The van der Waals surface area contributed by atoms with Crippen molar-refractivity contribution in [2.45, 2.75) is 26.8 Å². The van der Waals surface area contributed by atoms with Gasteiger partial charge in [-0.15, -0.1) is 0 Å². The first-order valence-electron chi connectivity index (χ1n) is 8.33. The van der Waals surface area contributed by atoms with Gasteiger partial charge in [-0.25, -0.2) is 0 Å². The molecule has 4 nitrogen and oxygen atoms in total. The second-order valence-electron chi connectivity index (χ2n) is 6.35. The lowest BCUT2D eigenvalue weighted by molar-refractivity contribution is -0.113. The zero-order valence-electron chi connectivity index (χ0n) is 15.0. The lowest BCUT2D eigenvalue weighted by Crippen LogP contribution is -2.30. The van der Waals surface area contributed by atoms with Crippen molar-refractivity contribution in [2.24, 2.45) is 4.99 Å². The van der Waals surface area contributed by atoms with Gasteiger partial charge in [0.05, 0.1) is 15.6 Å². The highest BCUT2D eigenvalue weighted by Gasteiger charge is 2.35. The van der Waals surface area contributed by atoms with Gasteiger partial charge < -0.3 is 5.11 Å². The first-order valence-corrected chi connectivity index (χ1v) is 9.90. The molecule has 7 heteroatoms. The molecule has 0 radical (unpaired) electrons. The molecule has 0 spiro atoms. The van der Waals surface area contributed by atoms with Gasteiger partial charge in [-0.05, 0) is 74.0 Å². The number of carbonyl (C=O) groups is 1. The molecule has 0 saturated carbocycles. The van der Waals surface area contributed by atoms with E-state index in [-0.39, 0.29) is 22.7 Å². The van der Waals surface area contributed by atoms with Gasteiger partial charge in [0.1, 0.15) is 5.75 Å². The quantitative estimate of drug-likeness (QED) is 0.629. The number of nitrogens with zero attached hydrogens (tertiary/aromatic N) is 2. The van der Waals surface area contributed by atoms with Crippen LogP contribution in [0.3, 0.4) is 0 Å². The average Bonchev–Trinajstić information content (AvgIpc) is 2.88. The lowest BCUT2D eigenvalue weighted by Gasteiger charge is -2.19. The molecule has 0 aromatic heterocycles. The number of aliphatic imine (C=N–C) groups is 1. The Bertz CT molecular complexity index is 970. The van der Waals surface area contributed by atoms with E-state index in [1.54, 1.807) is 29.2 Å². The molecule has 140 valence electrons. The Morgan fingerprint density at radius 3 is 2.59 bits per heavy atom. The van der Waals surface area contributed by atoms with E-state index in [4.69, 9.17) is 23.2 Å². The van der Waals surface area contributed by atoms with E-state index in [2.05, 4.69) is 4.99 Å². The summed E-state index contributed by atoms with van der Waals surface area (Å²) in [6.45, 7) is 5.80. The number of thioether (sulfide) groups is 1. The molecule has 1 aliphatic heterocycles. The minimum absolute atomic E-state index is 0.00227. The molecule has 0 unspecified atom stereocenters. The van der Waals surface area contributed by atoms with E-state index < -0.39 is 0 Å². The summed E-state index contributed by atoms with van der Waals surface area (Å²) in [7, 11) is 0. The van der Waals surface area contributed by atoms with Crippen LogP contribution in [0, 0.1) is 6.92 Å². The molecule has 1 fully saturated rings. The van der Waals surface area contributed by atoms with Crippen molar-refractivity contribution in [1.82, 2.24) is 0 Å². The Morgan fingerprint density at radius 1 is 1.19 bits per heavy atom. The second kappa shape index (κ2) is 7.97. The first-order chi connectivity index (χ1) is 12.8. The van der Waals surface area contributed by atoms with Gasteiger partial charge in [-0.2, -0.15) is 0 Å². The van der Waals surface area contributed by atoms with Crippen LogP contribution in [0.2, 0.25) is 10.0 Å². The molecule has 3 rings (SSSR count). The number of phenols is 1. The third-order valence-electron chi connectivity index (χ3n) is 3.92. The van der Waals surface area contributed by atoms with Gasteiger partial charge in [0, 0.05) is 11.1 Å². The summed E-state index contributed by atoms with van der Waals surface area (Å²) in [6, 6.07) is 10.3. The molecule has 0 atom stereocenters. The van der Waals surface area contributed by atoms with Crippen LogP contribution in [-0.4, -0.2) is 22.2 Å². The number of phenolic OH excluding ortho intramolecular Hbond substituents is 1. The summed E-state index contributed by atoms with van der Waals surface area (Å²) in [6.07, 6.45) is 1.74. The van der Waals surface area contributed by atoms with E-state index in [1.807, 2.05) is 32.9 Å². The third kappa shape index (κ3) is 4.15. The largest absolute Gasteiger partial charge is 0.506 e. The van der Waals surface area contributed by atoms with Gasteiger partial charge in [0.2, 0.25) is 0 Å². The monoisotopic (exact) mass is 420 g/mol. The molecular formula is C20H18Cl2N2O2S. The predicted molar refractivity (Wildman–Crippen MR) is 115 cm³/mol. The Hall–Kier alpha value is -1.95. The number of hydrogen-bond donors (Lipinski definition) is 1. The van der Waals surface area contributed by atoms with Crippen molar-refractivity contribution < 1.29 is 9.90 Å². The van der Waals surface area contributed by atoms with Crippen LogP contribution in [0.1, 0.15) is 25.0 Å². The Labute approximate surface area is 172 Å². The van der Waals surface area contributed by atoms with Crippen molar-refractivity contribution in [3.05, 3.63) is 62.5 Å². The Morgan fingerprint density at radius 2 is 1.93 bits per heavy atom. The molecule has 0 aliphatic carbocycles. The van der Waals surface area contributed by atoms with Crippen LogP contribution < -0.4 is 4.90 Å². The maximum absolute atomic E-state index is 13.1. The fourth-order valence-electron chi connectivity index (χ4n) is 2.60. The zero-order valence-corrected chi connectivity index (χ0v) is 17.4. The van der Waals surface area contributed by atoms with Gasteiger partial charge in [-0.1, -0.05) is 35.3 Å². The maximum atomic E-state index is 13.1. The maximum Gasteiger partial charge on any atom is 0.271 e. The summed E-state index contributed by atoms with van der Waals surface area (Å²) in [5, 5.41) is 11.0. The molecule has 1 N–H and O–H groups in total. The number of benzene rings is 2. The number of rotatable bonds is 3. The topological polar surface area (TPSA) is 52.9 Å². The Kier molecular flexibility index (Phi) is 5.84. The highest BCUT2D eigenvalue weighted by Crippen LogP contribution is 2.39. The first kappa shape index (κ1) is 19.8. The van der Waals surface area contributed by atoms with Crippen LogP contribution in [-0.2, 0) is 4.79 Å². The average molecular weight is 421 g/mol. The van der Waals surface area contributed by atoms with Gasteiger partial charge in [0.25, 0.3) is 5.91 Å². The van der Waals surface area contributed by atoms with E-state index in [0.29, 0.717) is 20.8 Å². The lowest BCUT2D eigenvalue weighted by atomic mass is 10.1. The van der Waals surface area contributed by atoms with Crippen molar-refractivity contribution in [3.8, 4) is 5.75 Å². The number of aromatic hydroxyl groups is 1. The molecule has 1 amide bonds. The predicted octanol–water partition coefficient (Wildman–Crippen LogP) is 5.89. The van der Waals surface area contributed by atoms with Crippen LogP contribution in [0.25, 0.3) is 6.08 Å². The second-order valence-corrected chi connectivity index (χ2v) is 8.17. The SMILES string of the molecule is Cc1c(Cl)cccc1N1C(=O)/C(=C/c2ccc(O)c(Cl)c2)SC1=NC(C)C. The van der Waals surface area contributed by atoms with Gasteiger partial charge in [-0.3, -0.25) is 14.7 Å². The smallest absolute Gasteiger partial charge is 0.271 e. The number of carbonyl (C=O) groups excluding carboxylic acids is 1. The highest BCUT2D eigenvalue weighted by atomic mass is 35.5. The zero-order chi connectivity index (χ0) is 19.7. The number of amides is 1. The van der Waals surface area contributed by atoms with Crippen molar-refractivity contribution in [2.75, 3.05) is 4.90 Å². The molecular weight excluding hydrogens is 403 g/mol. The standard InChI is InChI=1S/C20H18Cl2N2O2S/c1-11(2)23-20-24(16-6-4-5-14(21)12(16)3)19(26)18(27-20)10-13-7-8-17(25)15(22)9-13/h4-11,25H,1-3H3/b18-10-,23-20?. The fourth-order valence-corrected chi connectivity index (χ4v) is 4.06. The fraction of sp³-hybridized carbons (Fsp3) is 0.200. The molecule has 2 aromatic carbocycles. The van der Waals surface area contributed by atoms with E-state index in [0.717, 1.165) is 11.1 Å². The normalized spacial score (nSPS) is 17.6. The molecule has 1 saturated heterocycles. The molecule has 2 aromatic rings. The minimum Gasteiger partial charge on any atom is -0.506 e. The number of amidine groups is 1. The highest BCUT2D eigenvalue weighted by molar-refractivity contribution is 8.19. The summed E-state index contributed by atoms with van der Waals surface area (Å²) >= 11 is 13.5. The van der Waals surface area contributed by atoms with Crippen molar-refractivity contribution in [1.29, 1.82) is 0 Å². The van der Waals surface area contributed by atoms with Crippen molar-refractivity contribution >= 4 is 57.8 Å². The molecule has 1 aliphatic rings. The third-order valence-corrected chi connectivity index (χ3v) is 5.62. The minimum atomic E-state index is -0.172. The van der Waals surface area contributed by atoms with Crippen molar-refractivity contribution in [3.63, 3.8) is 0 Å². The Balaban J connectivity index is 2.07. The van der Waals surface area contributed by atoms with Gasteiger partial charge >= 0.3 is 0 Å². The van der Waals surface area contributed by atoms with Crippen LogP contribution in [0.15, 0.2) is 46.3 Å². The molecule has 0 bridgehead atoms. The number of hydrogen-bond acceptors (Lipinski definition) is 4. The van der Waals surface area contributed by atoms with Gasteiger partial charge in [0.15, 0.2) is 5.17 Å². The molecule has 27 heavy (non-hydrogen) atoms. The van der Waals surface area contributed by atoms with Crippen LogP contribution >= 0.6 is 35.0 Å². The number of halogens is 2. The van der Waals surface area contributed by atoms with Crippen LogP contribution in [0.5, 0.6) is 5.75 Å².